The van der Waals surface area contributed by atoms with Crippen LogP contribution in [0.25, 0.3) is 6.08 Å². The SMILES string of the molecule is CCCc1cc(C=CC=O)cc(CCC)c1. The second kappa shape index (κ2) is 7.00. The number of carbonyl (C=O) groups excluding carboxylic acids is 1. The lowest BCUT2D eigenvalue weighted by Gasteiger charge is -2.06. The van der Waals surface area contributed by atoms with Gasteiger partial charge in [-0.05, 0) is 35.6 Å². The van der Waals surface area contributed by atoms with Gasteiger partial charge < -0.3 is 0 Å². The minimum atomic E-state index is 0.825. The Labute approximate surface area is 98.2 Å². The lowest BCUT2D eigenvalue weighted by atomic mass is 10.00. The van der Waals surface area contributed by atoms with Gasteiger partial charge in [0, 0.05) is 0 Å². The predicted molar refractivity (Wildman–Crippen MR) is 69.5 cm³/mol. The Morgan fingerprint density at radius 3 is 2.00 bits per heavy atom. The summed E-state index contributed by atoms with van der Waals surface area (Å²) < 4.78 is 0. The van der Waals surface area contributed by atoms with Crippen molar-refractivity contribution in [2.45, 2.75) is 39.5 Å². The summed E-state index contributed by atoms with van der Waals surface area (Å²) in [6, 6.07) is 6.62. The zero-order valence-electron chi connectivity index (χ0n) is 10.2. The van der Waals surface area contributed by atoms with E-state index in [-0.39, 0.29) is 0 Å². The van der Waals surface area contributed by atoms with Crippen LogP contribution in [0.2, 0.25) is 0 Å². The van der Waals surface area contributed by atoms with Crippen molar-refractivity contribution >= 4 is 12.4 Å². The first kappa shape index (κ1) is 12.7. The van der Waals surface area contributed by atoms with Gasteiger partial charge in [0.1, 0.15) is 6.29 Å². The van der Waals surface area contributed by atoms with Gasteiger partial charge in [0.05, 0.1) is 0 Å². The van der Waals surface area contributed by atoms with E-state index in [0.717, 1.165) is 37.5 Å². The Bertz CT molecular complexity index is 339. The highest BCUT2D eigenvalue weighted by Gasteiger charge is 1.98. The molecule has 0 spiro atoms. The first-order chi connectivity index (χ1) is 7.80. The number of aldehydes is 1. The number of benzene rings is 1. The van der Waals surface area contributed by atoms with Gasteiger partial charge in [-0.1, -0.05) is 51.0 Å². The van der Waals surface area contributed by atoms with Crippen LogP contribution in [0, 0.1) is 0 Å². The fourth-order valence-corrected chi connectivity index (χ4v) is 1.90. The average Bonchev–Trinajstić information content (AvgIpc) is 2.27. The summed E-state index contributed by atoms with van der Waals surface area (Å²) in [6.45, 7) is 4.38. The first-order valence-electron chi connectivity index (χ1n) is 6.04. The van der Waals surface area contributed by atoms with Crippen LogP contribution < -0.4 is 0 Å². The highest BCUT2D eigenvalue weighted by molar-refractivity contribution is 5.74. The maximum Gasteiger partial charge on any atom is 0.142 e. The van der Waals surface area contributed by atoms with E-state index < -0.39 is 0 Å². The molecule has 0 amide bonds. The molecule has 0 N–H and O–H groups in total. The molecule has 1 nitrogen and oxygen atoms in total. The Kier molecular flexibility index (Phi) is 5.55. The van der Waals surface area contributed by atoms with Crippen LogP contribution in [0.4, 0.5) is 0 Å². The lowest BCUT2D eigenvalue weighted by molar-refractivity contribution is -0.104. The standard InChI is InChI=1S/C15H20O/c1-3-6-13-10-14(7-4-2)12-15(11-13)8-5-9-16/h5,8-12H,3-4,6-7H2,1-2H3. The molecule has 0 bridgehead atoms. The molecular formula is C15H20O. The second-order valence-corrected chi connectivity index (χ2v) is 4.08. The van der Waals surface area contributed by atoms with Gasteiger partial charge in [0.25, 0.3) is 0 Å². The van der Waals surface area contributed by atoms with E-state index in [0.29, 0.717) is 0 Å². The van der Waals surface area contributed by atoms with Crippen molar-refractivity contribution in [1.29, 1.82) is 0 Å². The van der Waals surface area contributed by atoms with Crippen LogP contribution in [0.5, 0.6) is 0 Å². The monoisotopic (exact) mass is 216 g/mol. The van der Waals surface area contributed by atoms with Crippen LogP contribution in [-0.4, -0.2) is 6.29 Å². The molecule has 0 atom stereocenters. The Balaban J connectivity index is 2.97. The third kappa shape index (κ3) is 4.01. The quantitative estimate of drug-likeness (QED) is 0.522. The number of aryl methyl sites for hydroxylation is 2. The summed E-state index contributed by atoms with van der Waals surface area (Å²) in [5, 5.41) is 0. The third-order valence-electron chi connectivity index (χ3n) is 2.52. The third-order valence-corrected chi connectivity index (χ3v) is 2.52. The van der Waals surface area contributed by atoms with Crippen molar-refractivity contribution in [1.82, 2.24) is 0 Å². The number of rotatable bonds is 6. The molecule has 0 aliphatic heterocycles. The maximum atomic E-state index is 10.3. The summed E-state index contributed by atoms with van der Waals surface area (Å²) in [4.78, 5) is 10.3. The second-order valence-electron chi connectivity index (χ2n) is 4.08. The number of hydrogen-bond acceptors (Lipinski definition) is 1. The molecule has 0 aliphatic carbocycles. The van der Waals surface area contributed by atoms with Crippen molar-refractivity contribution in [3.05, 3.63) is 41.0 Å². The highest BCUT2D eigenvalue weighted by Crippen LogP contribution is 2.15. The zero-order valence-corrected chi connectivity index (χ0v) is 10.2. The van der Waals surface area contributed by atoms with Crippen LogP contribution in [-0.2, 0) is 17.6 Å². The van der Waals surface area contributed by atoms with E-state index in [1.807, 2.05) is 6.08 Å². The molecule has 0 radical (unpaired) electrons. The number of hydrogen-bond donors (Lipinski definition) is 0. The largest absolute Gasteiger partial charge is 0.299 e. The molecule has 1 rings (SSSR count). The molecule has 0 fully saturated rings. The molecule has 1 aromatic rings. The summed E-state index contributed by atoms with van der Waals surface area (Å²) in [5.74, 6) is 0. The molecule has 0 heterocycles. The molecule has 16 heavy (non-hydrogen) atoms. The van der Waals surface area contributed by atoms with E-state index in [1.165, 1.54) is 11.1 Å². The number of carbonyl (C=O) groups is 1. The summed E-state index contributed by atoms with van der Waals surface area (Å²) in [5.41, 5.74) is 3.89. The Hall–Kier alpha value is -1.37. The van der Waals surface area contributed by atoms with Gasteiger partial charge in [-0.3, -0.25) is 4.79 Å². The van der Waals surface area contributed by atoms with Crippen LogP contribution in [0.15, 0.2) is 24.3 Å². The molecule has 0 unspecified atom stereocenters. The van der Waals surface area contributed by atoms with Crippen LogP contribution >= 0.6 is 0 Å². The molecule has 0 saturated carbocycles. The number of allylic oxidation sites excluding steroid dienone is 1. The molecular weight excluding hydrogens is 196 g/mol. The van der Waals surface area contributed by atoms with Gasteiger partial charge in [0.15, 0.2) is 0 Å². The Morgan fingerprint density at radius 2 is 1.56 bits per heavy atom. The van der Waals surface area contributed by atoms with Gasteiger partial charge in [-0.25, -0.2) is 0 Å². The van der Waals surface area contributed by atoms with Gasteiger partial charge in [-0.15, -0.1) is 0 Å². The van der Waals surface area contributed by atoms with E-state index in [1.54, 1.807) is 6.08 Å². The van der Waals surface area contributed by atoms with Crippen molar-refractivity contribution < 1.29 is 4.79 Å². The normalized spacial score (nSPS) is 10.9. The lowest BCUT2D eigenvalue weighted by Crippen LogP contribution is -1.90. The fourth-order valence-electron chi connectivity index (χ4n) is 1.90. The summed E-state index contributed by atoms with van der Waals surface area (Å²) >= 11 is 0. The molecule has 1 aromatic carbocycles. The van der Waals surface area contributed by atoms with Crippen LogP contribution in [0.3, 0.4) is 0 Å². The molecule has 0 aliphatic rings. The van der Waals surface area contributed by atoms with Gasteiger partial charge >= 0.3 is 0 Å². The Morgan fingerprint density at radius 1 is 1.00 bits per heavy atom. The van der Waals surface area contributed by atoms with E-state index in [2.05, 4.69) is 32.0 Å². The van der Waals surface area contributed by atoms with Gasteiger partial charge in [-0.2, -0.15) is 0 Å². The topological polar surface area (TPSA) is 17.1 Å². The molecule has 0 saturated heterocycles. The van der Waals surface area contributed by atoms with E-state index in [4.69, 9.17) is 0 Å². The average molecular weight is 216 g/mol. The predicted octanol–water partition coefficient (Wildman–Crippen LogP) is 3.80. The van der Waals surface area contributed by atoms with Gasteiger partial charge in [0.2, 0.25) is 0 Å². The maximum absolute atomic E-state index is 10.3. The molecule has 86 valence electrons. The van der Waals surface area contributed by atoms with E-state index in [9.17, 15) is 4.79 Å². The van der Waals surface area contributed by atoms with Crippen molar-refractivity contribution in [2.75, 3.05) is 0 Å². The summed E-state index contributed by atoms with van der Waals surface area (Å²) in [6.07, 6.45) is 8.80. The minimum absolute atomic E-state index is 0.825. The van der Waals surface area contributed by atoms with Crippen molar-refractivity contribution in [2.24, 2.45) is 0 Å². The van der Waals surface area contributed by atoms with Crippen molar-refractivity contribution in [3.8, 4) is 0 Å². The molecule has 0 aromatic heterocycles. The zero-order chi connectivity index (χ0) is 11.8. The van der Waals surface area contributed by atoms with E-state index >= 15 is 0 Å². The molecule has 1 heteroatoms. The van der Waals surface area contributed by atoms with Crippen LogP contribution in [0.1, 0.15) is 43.4 Å². The fraction of sp³-hybridized carbons (Fsp3) is 0.400. The first-order valence-corrected chi connectivity index (χ1v) is 6.04. The minimum Gasteiger partial charge on any atom is -0.299 e. The summed E-state index contributed by atoms with van der Waals surface area (Å²) in [7, 11) is 0. The van der Waals surface area contributed by atoms with Crippen molar-refractivity contribution in [3.63, 3.8) is 0 Å². The smallest absolute Gasteiger partial charge is 0.142 e. The highest BCUT2D eigenvalue weighted by atomic mass is 16.1.